The van der Waals surface area contributed by atoms with E-state index in [9.17, 15) is 0 Å². The maximum Gasteiger partial charge on any atom is 0.0501 e. The molecule has 1 aliphatic heterocycles. The quantitative estimate of drug-likeness (QED) is 0.676. The van der Waals surface area contributed by atoms with Gasteiger partial charge in [0.15, 0.2) is 0 Å². The Kier molecular flexibility index (Phi) is 2.45. The smallest absolute Gasteiger partial charge is 0.0501 e. The van der Waals surface area contributed by atoms with E-state index < -0.39 is 0 Å². The third kappa shape index (κ3) is 1.98. The number of hydrogen-bond donors (Lipinski definition) is 2. The molecule has 3 nitrogen and oxygen atoms in total. The minimum Gasteiger partial charge on any atom is -0.397 e. The lowest BCUT2D eigenvalue weighted by atomic mass is 9.96. The van der Waals surface area contributed by atoms with Crippen LogP contribution >= 0.6 is 0 Å². The summed E-state index contributed by atoms with van der Waals surface area (Å²) >= 11 is 0. The molecule has 2 heterocycles. The van der Waals surface area contributed by atoms with Gasteiger partial charge in [-0.25, -0.2) is 0 Å². The molecule has 1 fully saturated rings. The van der Waals surface area contributed by atoms with E-state index in [4.69, 9.17) is 5.73 Å². The molecule has 1 atom stereocenters. The van der Waals surface area contributed by atoms with Crippen LogP contribution in [0.15, 0.2) is 18.3 Å². The lowest BCUT2D eigenvalue weighted by molar-refractivity contribution is 0.455. The number of anilines is 1. The predicted molar refractivity (Wildman–Crippen MR) is 53.5 cm³/mol. The Morgan fingerprint density at radius 2 is 2.38 bits per heavy atom. The molecule has 13 heavy (non-hydrogen) atoms. The molecule has 3 N–H and O–H groups in total. The number of nitrogens with zero attached hydrogens (tertiary/aromatic N) is 1. The van der Waals surface area contributed by atoms with E-state index in [0.29, 0.717) is 5.92 Å². The molecule has 0 saturated carbocycles. The van der Waals surface area contributed by atoms with Gasteiger partial charge in [0.1, 0.15) is 0 Å². The molecule has 0 bridgehead atoms. The van der Waals surface area contributed by atoms with Crippen LogP contribution in [0.4, 0.5) is 5.69 Å². The summed E-state index contributed by atoms with van der Waals surface area (Å²) in [4.78, 5) is 4.34. The topological polar surface area (TPSA) is 50.9 Å². The Morgan fingerprint density at radius 1 is 1.46 bits per heavy atom. The van der Waals surface area contributed by atoms with Gasteiger partial charge in [0.05, 0.1) is 11.9 Å². The lowest BCUT2D eigenvalue weighted by Gasteiger charge is -2.22. The summed E-state index contributed by atoms with van der Waals surface area (Å²) in [7, 11) is 0. The van der Waals surface area contributed by atoms with Gasteiger partial charge in [-0.2, -0.15) is 0 Å². The van der Waals surface area contributed by atoms with Crippen LogP contribution in [0.5, 0.6) is 0 Å². The summed E-state index contributed by atoms with van der Waals surface area (Å²) in [6.07, 6.45) is 4.23. The standard InChI is InChI=1S/C10H15N3/c11-9-3-4-10(13-7-9)8-2-1-5-12-6-8/h3-4,7-8,12H,1-2,5-6,11H2/t8-/m1/s1. The van der Waals surface area contributed by atoms with E-state index in [1.165, 1.54) is 18.5 Å². The van der Waals surface area contributed by atoms with Crippen LogP contribution in [-0.2, 0) is 0 Å². The van der Waals surface area contributed by atoms with Gasteiger partial charge in [0.25, 0.3) is 0 Å². The summed E-state index contributed by atoms with van der Waals surface area (Å²) in [6, 6.07) is 3.96. The summed E-state index contributed by atoms with van der Waals surface area (Å²) in [5, 5.41) is 3.38. The van der Waals surface area contributed by atoms with Crippen molar-refractivity contribution in [3.8, 4) is 0 Å². The maximum absolute atomic E-state index is 5.58. The summed E-state index contributed by atoms with van der Waals surface area (Å²) in [6.45, 7) is 2.20. The van der Waals surface area contributed by atoms with Crippen molar-refractivity contribution in [2.24, 2.45) is 0 Å². The second-order valence-electron chi connectivity index (χ2n) is 3.56. The summed E-state index contributed by atoms with van der Waals surface area (Å²) < 4.78 is 0. The molecule has 0 aromatic carbocycles. The van der Waals surface area contributed by atoms with Crippen LogP contribution in [0.3, 0.4) is 0 Å². The fourth-order valence-corrected chi connectivity index (χ4v) is 1.76. The number of nitrogens with two attached hydrogens (primary N) is 1. The average Bonchev–Trinajstić information content (AvgIpc) is 2.20. The zero-order valence-corrected chi connectivity index (χ0v) is 7.66. The van der Waals surface area contributed by atoms with Crippen molar-refractivity contribution in [3.63, 3.8) is 0 Å². The number of nitrogen functional groups attached to an aromatic ring is 1. The third-order valence-electron chi connectivity index (χ3n) is 2.52. The van der Waals surface area contributed by atoms with Gasteiger partial charge in [-0.15, -0.1) is 0 Å². The first kappa shape index (κ1) is 8.51. The Morgan fingerprint density at radius 3 is 3.00 bits per heavy atom. The van der Waals surface area contributed by atoms with E-state index in [2.05, 4.69) is 10.3 Å². The highest BCUT2D eigenvalue weighted by Gasteiger charge is 2.15. The highest BCUT2D eigenvalue weighted by Crippen LogP contribution is 2.21. The molecule has 1 saturated heterocycles. The first-order valence-corrected chi connectivity index (χ1v) is 4.78. The Labute approximate surface area is 78.4 Å². The highest BCUT2D eigenvalue weighted by molar-refractivity contribution is 5.35. The van der Waals surface area contributed by atoms with E-state index in [1.807, 2.05) is 12.1 Å². The van der Waals surface area contributed by atoms with Crippen LogP contribution < -0.4 is 11.1 Å². The molecule has 0 spiro atoms. The number of pyridine rings is 1. The minimum atomic E-state index is 0.578. The first-order chi connectivity index (χ1) is 6.36. The second-order valence-corrected chi connectivity index (χ2v) is 3.56. The molecule has 1 aliphatic rings. The molecule has 1 aromatic rings. The van der Waals surface area contributed by atoms with E-state index in [1.54, 1.807) is 6.20 Å². The number of nitrogens with one attached hydrogen (secondary N) is 1. The molecule has 2 rings (SSSR count). The van der Waals surface area contributed by atoms with Crippen molar-refractivity contribution < 1.29 is 0 Å². The minimum absolute atomic E-state index is 0.578. The van der Waals surface area contributed by atoms with E-state index in [-0.39, 0.29) is 0 Å². The van der Waals surface area contributed by atoms with Gasteiger partial charge in [-0.1, -0.05) is 0 Å². The fraction of sp³-hybridized carbons (Fsp3) is 0.500. The zero-order chi connectivity index (χ0) is 9.10. The molecular formula is C10H15N3. The second kappa shape index (κ2) is 3.75. The predicted octanol–water partition coefficient (Wildman–Crippen LogP) is 1.13. The monoisotopic (exact) mass is 177 g/mol. The van der Waals surface area contributed by atoms with Crippen molar-refractivity contribution in [3.05, 3.63) is 24.0 Å². The molecule has 3 heteroatoms. The largest absolute Gasteiger partial charge is 0.397 e. The third-order valence-corrected chi connectivity index (χ3v) is 2.52. The van der Waals surface area contributed by atoms with Gasteiger partial charge >= 0.3 is 0 Å². The van der Waals surface area contributed by atoms with Crippen LogP contribution in [0.25, 0.3) is 0 Å². The Hall–Kier alpha value is -1.09. The van der Waals surface area contributed by atoms with Crippen molar-refractivity contribution in [1.29, 1.82) is 0 Å². The number of aromatic nitrogens is 1. The van der Waals surface area contributed by atoms with Gasteiger partial charge < -0.3 is 11.1 Å². The van der Waals surface area contributed by atoms with Crippen LogP contribution in [-0.4, -0.2) is 18.1 Å². The summed E-state index contributed by atoms with van der Waals surface area (Å²) in [5.41, 5.74) is 7.49. The lowest BCUT2D eigenvalue weighted by Crippen LogP contribution is -2.28. The van der Waals surface area contributed by atoms with E-state index >= 15 is 0 Å². The zero-order valence-electron chi connectivity index (χ0n) is 7.66. The van der Waals surface area contributed by atoms with Crippen LogP contribution in [0.1, 0.15) is 24.5 Å². The van der Waals surface area contributed by atoms with E-state index in [0.717, 1.165) is 18.8 Å². The maximum atomic E-state index is 5.58. The van der Waals surface area contributed by atoms with Gasteiger partial charge in [-0.05, 0) is 31.5 Å². The van der Waals surface area contributed by atoms with Crippen LogP contribution in [0.2, 0.25) is 0 Å². The van der Waals surface area contributed by atoms with Crippen molar-refractivity contribution in [2.45, 2.75) is 18.8 Å². The van der Waals surface area contributed by atoms with Gasteiger partial charge in [-0.3, -0.25) is 4.98 Å². The fourth-order valence-electron chi connectivity index (χ4n) is 1.76. The molecule has 0 unspecified atom stereocenters. The van der Waals surface area contributed by atoms with Crippen LogP contribution in [0, 0.1) is 0 Å². The SMILES string of the molecule is Nc1ccc([C@@H]2CCCNC2)nc1. The Bertz CT molecular complexity index is 262. The van der Waals surface area contributed by atoms with Gasteiger partial charge in [0, 0.05) is 18.2 Å². The highest BCUT2D eigenvalue weighted by atomic mass is 14.9. The summed E-state index contributed by atoms with van der Waals surface area (Å²) in [5.74, 6) is 0.578. The average molecular weight is 177 g/mol. The molecule has 0 aliphatic carbocycles. The van der Waals surface area contributed by atoms with Crippen molar-refractivity contribution in [2.75, 3.05) is 18.8 Å². The molecule has 0 amide bonds. The van der Waals surface area contributed by atoms with Crippen molar-refractivity contribution >= 4 is 5.69 Å². The van der Waals surface area contributed by atoms with Crippen molar-refractivity contribution in [1.82, 2.24) is 10.3 Å². The number of piperidine rings is 1. The van der Waals surface area contributed by atoms with Gasteiger partial charge in [0.2, 0.25) is 0 Å². The molecule has 0 radical (unpaired) electrons. The molecule has 1 aromatic heterocycles. The number of rotatable bonds is 1. The normalized spacial score (nSPS) is 22.9. The first-order valence-electron chi connectivity index (χ1n) is 4.78. The Balaban J connectivity index is 2.10. The number of hydrogen-bond acceptors (Lipinski definition) is 3. The molecular weight excluding hydrogens is 162 g/mol. The molecule has 70 valence electrons.